The molecule has 0 saturated heterocycles. The predicted molar refractivity (Wildman–Crippen MR) is 75.5 cm³/mol. The summed E-state index contributed by atoms with van der Waals surface area (Å²) in [5, 5.41) is 6.91. The Morgan fingerprint density at radius 3 is 2.68 bits per heavy atom. The molecule has 102 valence electrons. The van der Waals surface area contributed by atoms with Gasteiger partial charge in [-0.2, -0.15) is 5.10 Å². The zero-order valence-electron chi connectivity index (χ0n) is 10.7. The van der Waals surface area contributed by atoms with Crippen LogP contribution in [0.15, 0.2) is 12.3 Å². The van der Waals surface area contributed by atoms with Gasteiger partial charge in [-0.1, -0.05) is 11.6 Å². The van der Waals surface area contributed by atoms with Crippen molar-refractivity contribution in [3.63, 3.8) is 0 Å². The largest absolute Gasteiger partial charge is 0.397 e. The molecule has 5 N–H and O–H groups in total. The van der Waals surface area contributed by atoms with E-state index in [1.807, 2.05) is 14.0 Å². The molecule has 0 bridgehead atoms. The van der Waals surface area contributed by atoms with E-state index < -0.39 is 5.82 Å². The van der Waals surface area contributed by atoms with Crippen molar-refractivity contribution < 1.29 is 4.39 Å². The molecule has 0 aliphatic carbocycles. The molecular weight excluding hydrogens is 269 g/mol. The summed E-state index contributed by atoms with van der Waals surface area (Å²) in [5.74, 6) is -0.638. The van der Waals surface area contributed by atoms with Gasteiger partial charge >= 0.3 is 0 Å². The van der Waals surface area contributed by atoms with Crippen molar-refractivity contribution in [2.45, 2.75) is 13.5 Å². The molecule has 0 atom stereocenters. The van der Waals surface area contributed by atoms with Crippen molar-refractivity contribution in [1.82, 2.24) is 9.78 Å². The number of nitrogens with one attached hydrogen (secondary N) is 1. The third-order valence-electron chi connectivity index (χ3n) is 3.06. The van der Waals surface area contributed by atoms with Gasteiger partial charge in [-0.05, 0) is 13.0 Å². The third-order valence-corrected chi connectivity index (χ3v) is 3.44. The average molecular weight is 284 g/mol. The Morgan fingerprint density at radius 2 is 2.11 bits per heavy atom. The van der Waals surface area contributed by atoms with Gasteiger partial charge in [0, 0.05) is 24.8 Å². The van der Waals surface area contributed by atoms with Crippen LogP contribution in [0.5, 0.6) is 0 Å². The zero-order valence-corrected chi connectivity index (χ0v) is 11.4. The van der Waals surface area contributed by atoms with Gasteiger partial charge in [0.2, 0.25) is 0 Å². The van der Waals surface area contributed by atoms with E-state index >= 15 is 0 Å². The Balaban J connectivity index is 2.25. The van der Waals surface area contributed by atoms with Crippen molar-refractivity contribution in [3.8, 4) is 0 Å². The minimum atomic E-state index is -0.638. The van der Waals surface area contributed by atoms with Gasteiger partial charge < -0.3 is 16.8 Å². The highest BCUT2D eigenvalue weighted by Crippen LogP contribution is 2.33. The van der Waals surface area contributed by atoms with Crippen LogP contribution in [-0.4, -0.2) is 9.78 Å². The summed E-state index contributed by atoms with van der Waals surface area (Å²) >= 11 is 5.76. The molecule has 1 aromatic carbocycles. The average Bonchev–Trinajstić information content (AvgIpc) is 2.68. The number of halogens is 2. The number of aromatic nitrogens is 2. The van der Waals surface area contributed by atoms with E-state index in [0.717, 1.165) is 11.3 Å². The Kier molecular flexibility index (Phi) is 3.53. The molecule has 0 aliphatic heterocycles. The lowest BCUT2D eigenvalue weighted by molar-refractivity contribution is 0.631. The minimum Gasteiger partial charge on any atom is -0.397 e. The number of rotatable bonds is 3. The van der Waals surface area contributed by atoms with Crippen molar-refractivity contribution >= 4 is 28.7 Å². The number of hydrogen-bond acceptors (Lipinski definition) is 4. The van der Waals surface area contributed by atoms with Crippen LogP contribution in [0.1, 0.15) is 11.3 Å². The van der Waals surface area contributed by atoms with Crippen LogP contribution in [0.2, 0.25) is 5.02 Å². The van der Waals surface area contributed by atoms with Crippen LogP contribution in [0.25, 0.3) is 0 Å². The summed E-state index contributed by atoms with van der Waals surface area (Å²) in [4.78, 5) is 0. The molecule has 0 fully saturated rings. The molecule has 2 aromatic rings. The Bertz CT molecular complexity index is 623. The van der Waals surface area contributed by atoms with Gasteiger partial charge in [-0.15, -0.1) is 0 Å². The van der Waals surface area contributed by atoms with Crippen molar-refractivity contribution in [1.29, 1.82) is 0 Å². The quantitative estimate of drug-likeness (QED) is 0.755. The summed E-state index contributed by atoms with van der Waals surface area (Å²) in [7, 11) is 1.84. The molecule has 1 aromatic heterocycles. The standard InChI is InChI=1S/C12H15ClFN5/c1-6-7(5-18-19(6)2)4-17-12-9(16)3-8(15)10(13)11(12)14/h3,5,17H,4,15-16H2,1-2H3. The van der Waals surface area contributed by atoms with E-state index in [9.17, 15) is 4.39 Å². The summed E-state index contributed by atoms with van der Waals surface area (Å²) in [6.07, 6.45) is 1.72. The van der Waals surface area contributed by atoms with Crippen LogP contribution in [0.3, 0.4) is 0 Å². The second kappa shape index (κ2) is 4.97. The second-order valence-corrected chi connectivity index (χ2v) is 4.67. The number of benzene rings is 1. The number of hydrogen-bond donors (Lipinski definition) is 3. The van der Waals surface area contributed by atoms with E-state index in [2.05, 4.69) is 10.4 Å². The molecular formula is C12H15ClFN5. The maximum Gasteiger partial charge on any atom is 0.169 e. The lowest BCUT2D eigenvalue weighted by Gasteiger charge is -2.12. The summed E-state index contributed by atoms with van der Waals surface area (Å²) in [6, 6.07) is 1.43. The SMILES string of the molecule is Cc1c(CNc2c(N)cc(N)c(Cl)c2F)cnn1C. The van der Waals surface area contributed by atoms with Gasteiger partial charge in [0.25, 0.3) is 0 Å². The van der Waals surface area contributed by atoms with Gasteiger partial charge in [-0.3, -0.25) is 4.68 Å². The smallest absolute Gasteiger partial charge is 0.169 e. The van der Waals surface area contributed by atoms with Gasteiger partial charge in [0.15, 0.2) is 5.82 Å². The molecule has 0 spiro atoms. The van der Waals surface area contributed by atoms with Crippen LogP contribution in [0, 0.1) is 12.7 Å². The monoisotopic (exact) mass is 283 g/mol. The molecule has 0 radical (unpaired) electrons. The molecule has 2 rings (SSSR count). The second-order valence-electron chi connectivity index (χ2n) is 4.29. The van der Waals surface area contributed by atoms with Gasteiger partial charge in [0.05, 0.1) is 23.3 Å². The molecule has 0 unspecified atom stereocenters. The molecule has 19 heavy (non-hydrogen) atoms. The molecule has 7 heteroatoms. The lowest BCUT2D eigenvalue weighted by Crippen LogP contribution is -2.07. The molecule has 0 saturated carbocycles. The number of aryl methyl sites for hydroxylation is 1. The van der Waals surface area contributed by atoms with Gasteiger partial charge in [-0.25, -0.2) is 4.39 Å². The highest BCUT2D eigenvalue weighted by atomic mass is 35.5. The highest BCUT2D eigenvalue weighted by Gasteiger charge is 2.14. The van der Waals surface area contributed by atoms with Crippen LogP contribution >= 0.6 is 11.6 Å². The normalized spacial score (nSPS) is 10.7. The summed E-state index contributed by atoms with van der Waals surface area (Å²) in [6.45, 7) is 2.33. The first-order valence-corrected chi connectivity index (χ1v) is 6.04. The topological polar surface area (TPSA) is 81.9 Å². The summed E-state index contributed by atoms with van der Waals surface area (Å²) < 4.78 is 15.7. The fraction of sp³-hybridized carbons (Fsp3) is 0.250. The lowest BCUT2D eigenvalue weighted by atomic mass is 10.2. The predicted octanol–water partition coefficient (Wildman–Crippen LogP) is 2.30. The fourth-order valence-electron chi connectivity index (χ4n) is 1.75. The fourth-order valence-corrected chi connectivity index (χ4v) is 1.90. The molecule has 0 amide bonds. The number of nitrogen functional groups attached to an aromatic ring is 2. The maximum absolute atomic E-state index is 14.0. The third kappa shape index (κ3) is 2.44. The van der Waals surface area contributed by atoms with Crippen LogP contribution in [0.4, 0.5) is 21.5 Å². The first kappa shape index (κ1) is 13.5. The van der Waals surface area contributed by atoms with E-state index in [1.165, 1.54) is 6.07 Å². The Hall–Kier alpha value is -1.95. The van der Waals surface area contributed by atoms with E-state index in [0.29, 0.717) is 6.54 Å². The van der Waals surface area contributed by atoms with Crippen molar-refractivity contribution in [3.05, 3.63) is 34.4 Å². The van der Waals surface area contributed by atoms with Crippen molar-refractivity contribution in [2.75, 3.05) is 16.8 Å². The van der Waals surface area contributed by atoms with E-state index in [-0.39, 0.29) is 22.1 Å². The Labute approximate surface area is 115 Å². The van der Waals surface area contributed by atoms with Gasteiger partial charge in [0.1, 0.15) is 5.02 Å². The van der Waals surface area contributed by atoms with E-state index in [4.69, 9.17) is 23.1 Å². The number of nitrogens with zero attached hydrogens (tertiary/aromatic N) is 2. The molecule has 0 aliphatic rings. The first-order valence-electron chi connectivity index (χ1n) is 5.66. The molecule has 5 nitrogen and oxygen atoms in total. The Morgan fingerprint density at radius 1 is 1.42 bits per heavy atom. The van der Waals surface area contributed by atoms with Crippen LogP contribution < -0.4 is 16.8 Å². The first-order chi connectivity index (χ1) is 8.91. The number of nitrogens with two attached hydrogens (primary N) is 2. The number of anilines is 3. The van der Waals surface area contributed by atoms with E-state index in [1.54, 1.807) is 10.9 Å². The summed E-state index contributed by atoms with van der Waals surface area (Å²) in [5.41, 5.74) is 13.7. The molecule has 1 heterocycles. The maximum atomic E-state index is 14.0. The zero-order chi connectivity index (χ0) is 14.2. The van der Waals surface area contributed by atoms with Crippen molar-refractivity contribution in [2.24, 2.45) is 7.05 Å². The van der Waals surface area contributed by atoms with Crippen LogP contribution in [-0.2, 0) is 13.6 Å². The minimum absolute atomic E-state index is 0.125. The highest BCUT2D eigenvalue weighted by molar-refractivity contribution is 6.33.